The van der Waals surface area contributed by atoms with E-state index < -0.39 is 0 Å². The molecule has 1 aliphatic rings. The Hall–Kier alpha value is -0.870. The molecule has 0 aliphatic carbocycles. The fraction of sp³-hybridized carbons (Fsp3) is 0.750. The fourth-order valence-electron chi connectivity index (χ4n) is 2.54. The molecule has 2 heterocycles. The molecule has 90 valence electrons. The van der Waals surface area contributed by atoms with E-state index in [0.29, 0.717) is 6.04 Å². The normalized spacial score (nSPS) is 26.4. The van der Waals surface area contributed by atoms with E-state index in [1.165, 1.54) is 6.42 Å². The van der Waals surface area contributed by atoms with Crippen LogP contribution < -0.4 is 5.73 Å². The molecule has 0 radical (unpaired) electrons. The Morgan fingerprint density at radius 3 is 2.94 bits per heavy atom. The van der Waals surface area contributed by atoms with Gasteiger partial charge in [-0.1, -0.05) is 6.92 Å². The van der Waals surface area contributed by atoms with E-state index in [0.717, 1.165) is 31.7 Å². The average Bonchev–Trinajstić information content (AvgIpc) is 2.86. The van der Waals surface area contributed by atoms with Crippen molar-refractivity contribution in [1.82, 2.24) is 14.7 Å². The lowest BCUT2D eigenvalue weighted by atomic mass is 10.1. The van der Waals surface area contributed by atoms with Crippen LogP contribution in [0.1, 0.15) is 38.4 Å². The average molecular weight is 222 g/mol. The third-order valence-corrected chi connectivity index (χ3v) is 3.35. The summed E-state index contributed by atoms with van der Waals surface area (Å²) in [5, 5.41) is 4.59. The first kappa shape index (κ1) is 11.6. The van der Waals surface area contributed by atoms with Gasteiger partial charge in [-0.15, -0.1) is 0 Å². The Kier molecular flexibility index (Phi) is 3.61. The predicted octanol–water partition coefficient (Wildman–Crippen LogP) is 1.39. The number of hydrogen-bond acceptors (Lipinski definition) is 3. The molecule has 0 spiro atoms. The lowest BCUT2D eigenvalue weighted by Gasteiger charge is -2.24. The minimum Gasteiger partial charge on any atom is -0.326 e. The Bertz CT molecular complexity index is 332. The predicted molar refractivity (Wildman–Crippen MR) is 65.1 cm³/mol. The SMILES string of the molecule is CCCN1CC[C@@H](N)[C@@H]1c1ccn(CC)n1. The number of aromatic nitrogens is 2. The molecular weight excluding hydrogens is 200 g/mol. The maximum Gasteiger partial charge on any atom is 0.0812 e. The van der Waals surface area contributed by atoms with Crippen molar-refractivity contribution in [3.05, 3.63) is 18.0 Å². The van der Waals surface area contributed by atoms with Crippen LogP contribution in [0.4, 0.5) is 0 Å². The van der Waals surface area contributed by atoms with Gasteiger partial charge in [0.1, 0.15) is 0 Å². The van der Waals surface area contributed by atoms with Crippen molar-refractivity contribution in [2.45, 2.75) is 45.3 Å². The minimum absolute atomic E-state index is 0.242. The van der Waals surface area contributed by atoms with Crippen LogP contribution in [0, 0.1) is 0 Å². The van der Waals surface area contributed by atoms with Gasteiger partial charge in [0.2, 0.25) is 0 Å². The number of hydrogen-bond donors (Lipinski definition) is 1. The van der Waals surface area contributed by atoms with Gasteiger partial charge >= 0.3 is 0 Å². The van der Waals surface area contributed by atoms with Crippen LogP contribution in [0.15, 0.2) is 12.3 Å². The minimum atomic E-state index is 0.242. The molecule has 0 saturated carbocycles. The molecule has 1 aromatic heterocycles. The van der Waals surface area contributed by atoms with E-state index in [2.05, 4.69) is 29.9 Å². The molecule has 0 bridgehead atoms. The molecule has 0 amide bonds. The zero-order chi connectivity index (χ0) is 11.5. The molecular formula is C12H22N4. The topological polar surface area (TPSA) is 47.1 Å². The highest BCUT2D eigenvalue weighted by atomic mass is 15.3. The highest BCUT2D eigenvalue weighted by molar-refractivity contribution is 5.11. The van der Waals surface area contributed by atoms with Crippen LogP contribution in [0.25, 0.3) is 0 Å². The first-order valence-electron chi connectivity index (χ1n) is 6.29. The molecule has 2 rings (SSSR count). The number of nitrogens with zero attached hydrogens (tertiary/aromatic N) is 3. The van der Waals surface area contributed by atoms with Gasteiger partial charge in [-0.05, 0) is 32.4 Å². The third-order valence-electron chi connectivity index (χ3n) is 3.35. The summed E-state index contributed by atoms with van der Waals surface area (Å²) in [4.78, 5) is 2.47. The second-order valence-electron chi connectivity index (χ2n) is 4.53. The number of nitrogens with two attached hydrogens (primary N) is 1. The van der Waals surface area contributed by atoms with Gasteiger partial charge in [0.05, 0.1) is 11.7 Å². The molecule has 0 aromatic carbocycles. The molecule has 2 atom stereocenters. The summed E-state index contributed by atoms with van der Waals surface area (Å²) < 4.78 is 1.98. The molecule has 4 heteroatoms. The lowest BCUT2D eigenvalue weighted by molar-refractivity contribution is 0.243. The Balaban J connectivity index is 2.15. The van der Waals surface area contributed by atoms with Gasteiger partial charge in [-0.25, -0.2) is 0 Å². The Morgan fingerprint density at radius 2 is 2.31 bits per heavy atom. The van der Waals surface area contributed by atoms with Crippen LogP contribution >= 0.6 is 0 Å². The molecule has 16 heavy (non-hydrogen) atoms. The van der Waals surface area contributed by atoms with Crippen molar-refractivity contribution in [3.63, 3.8) is 0 Å². The summed E-state index contributed by atoms with van der Waals surface area (Å²) in [5.74, 6) is 0. The van der Waals surface area contributed by atoms with Crippen molar-refractivity contribution in [2.75, 3.05) is 13.1 Å². The first-order valence-corrected chi connectivity index (χ1v) is 6.29. The highest BCUT2D eigenvalue weighted by Gasteiger charge is 2.33. The van der Waals surface area contributed by atoms with Gasteiger partial charge in [0.25, 0.3) is 0 Å². The molecule has 2 N–H and O–H groups in total. The van der Waals surface area contributed by atoms with E-state index in [1.54, 1.807) is 0 Å². The van der Waals surface area contributed by atoms with E-state index in [9.17, 15) is 0 Å². The Morgan fingerprint density at radius 1 is 1.50 bits per heavy atom. The molecule has 1 aromatic rings. The summed E-state index contributed by atoms with van der Waals surface area (Å²) in [6.45, 7) is 7.48. The van der Waals surface area contributed by atoms with E-state index >= 15 is 0 Å². The van der Waals surface area contributed by atoms with Crippen LogP contribution in [0.2, 0.25) is 0 Å². The molecule has 0 unspecified atom stereocenters. The smallest absolute Gasteiger partial charge is 0.0812 e. The fourth-order valence-corrected chi connectivity index (χ4v) is 2.54. The summed E-state index contributed by atoms with van der Waals surface area (Å²) in [7, 11) is 0. The zero-order valence-electron chi connectivity index (χ0n) is 10.3. The van der Waals surface area contributed by atoms with Crippen LogP contribution in [0.5, 0.6) is 0 Å². The van der Waals surface area contributed by atoms with Gasteiger partial charge in [0, 0.05) is 25.3 Å². The van der Waals surface area contributed by atoms with Gasteiger partial charge in [-0.3, -0.25) is 9.58 Å². The maximum absolute atomic E-state index is 6.19. The second-order valence-corrected chi connectivity index (χ2v) is 4.53. The number of rotatable bonds is 4. The lowest BCUT2D eigenvalue weighted by Crippen LogP contribution is -2.32. The number of aryl methyl sites for hydroxylation is 1. The molecule has 1 aliphatic heterocycles. The second kappa shape index (κ2) is 4.97. The van der Waals surface area contributed by atoms with Crippen molar-refractivity contribution in [2.24, 2.45) is 5.73 Å². The highest BCUT2D eigenvalue weighted by Crippen LogP contribution is 2.29. The first-order chi connectivity index (χ1) is 7.76. The van der Waals surface area contributed by atoms with E-state index in [-0.39, 0.29) is 6.04 Å². The molecule has 1 saturated heterocycles. The van der Waals surface area contributed by atoms with Crippen LogP contribution in [-0.4, -0.2) is 33.8 Å². The largest absolute Gasteiger partial charge is 0.326 e. The molecule has 4 nitrogen and oxygen atoms in total. The van der Waals surface area contributed by atoms with Gasteiger partial charge < -0.3 is 5.73 Å². The standard InChI is InChI=1S/C12H22N4/c1-3-7-15-8-5-10(13)12(15)11-6-9-16(4-2)14-11/h6,9-10,12H,3-5,7-8,13H2,1-2H3/t10-,12-/m1/s1. The quantitative estimate of drug-likeness (QED) is 0.837. The van der Waals surface area contributed by atoms with Crippen molar-refractivity contribution in [3.8, 4) is 0 Å². The Labute approximate surface area is 97.4 Å². The van der Waals surface area contributed by atoms with Gasteiger partial charge in [-0.2, -0.15) is 5.10 Å². The molecule has 1 fully saturated rings. The summed E-state index contributed by atoms with van der Waals surface area (Å²) >= 11 is 0. The van der Waals surface area contributed by atoms with E-state index in [1.807, 2.05) is 10.9 Å². The number of likely N-dealkylation sites (tertiary alicyclic amines) is 1. The van der Waals surface area contributed by atoms with E-state index in [4.69, 9.17) is 5.73 Å². The van der Waals surface area contributed by atoms with Crippen LogP contribution in [-0.2, 0) is 6.54 Å². The monoisotopic (exact) mass is 222 g/mol. The zero-order valence-corrected chi connectivity index (χ0v) is 10.3. The van der Waals surface area contributed by atoms with Gasteiger partial charge in [0.15, 0.2) is 0 Å². The summed E-state index contributed by atoms with van der Waals surface area (Å²) in [6, 6.07) is 2.68. The van der Waals surface area contributed by atoms with Crippen molar-refractivity contribution >= 4 is 0 Å². The van der Waals surface area contributed by atoms with Crippen molar-refractivity contribution in [1.29, 1.82) is 0 Å². The summed E-state index contributed by atoms with van der Waals surface area (Å²) in [6.07, 6.45) is 4.31. The third kappa shape index (κ3) is 2.13. The maximum atomic E-state index is 6.19. The summed E-state index contributed by atoms with van der Waals surface area (Å²) in [5.41, 5.74) is 7.33. The van der Waals surface area contributed by atoms with Crippen LogP contribution in [0.3, 0.4) is 0 Å². The van der Waals surface area contributed by atoms with Crippen molar-refractivity contribution < 1.29 is 0 Å².